The number of thiophene rings is 1. The van der Waals surface area contributed by atoms with Crippen molar-refractivity contribution < 1.29 is 22.7 Å². The number of nitrogens with one attached hydrogen (secondary N) is 1. The van der Waals surface area contributed by atoms with Crippen LogP contribution in [0.1, 0.15) is 53.1 Å². The molecule has 170 valence electrons. The Bertz CT molecular complexity index is 1160. The van der Waals surface area contributed by atoms with Crippen LogP contribution in [0, 0.1) is 11.3 Å². The highest BCUT2D eigenvalue weighted by Crippen LogP contribution is 2.37. The van der Waals surface area contributed by atoms with E-state index < -0.39 is 28.5 Å². The van der Waals surface area contributed by atoms with Crippen LogP contribution >= 0.6 is 11.3 Å². The molecule has 10 heteroatoms. The SMILES string of the molecule is CCN(CC)S(=O)(=O)c1cccc(C(=O)OCC(=O)Nc2sc3c(c2C#N)CCCC3)c1. The van der Waals surface area contributed by atoms with Gasteiger partial charge in [-0.2, -0.15) is 9.57 Å². The van der Waals surface area contributed by atoms with Gasteiger partial charge in [0.1, 0.15) is 11.1 Å². The van der Waals surface area contributed by atoms with Gasteiger partial charge < -0.3 is 10.1 Å². The summed E-state index contributed by atoms with van der Waals surface area (Å²) in [5.41, 5.74) is 1.52. The zero-order chi connectivity index (χ0) is 23.3. The zero-order valence-electron chi connectivity index (χ0n) is 18.0. The van der Waals surface area contributed by atoms with Crippen molar-refractivity contribution in [1.82, 2.24) is 4.31 Å². The minimum Gasteiger partial charge on any atom is -0.452 e. The number of ether oxygens (including phenoxy) is 1. The fourth-order valence-electron chi connectivity index (χ4n) is 3.65. The molecule has 0 bridgehead atoms. The van der Waals surface area contributed by atoms with Gasteiger partial charge in [0, 0.05) is 18.0 Å². The Labute approximate surface area is 191 Å². The Kier molecular flexibility index (Phi) is 7.66. The van der Waals surface area contributed by atoms with Crippen molar-refractivity contribution in [1.29, 1.82) is 5.26 Å². The fourth-order valence-corrected chi connectivity index (χ4v) is 6.41. The maximum Gasteiger partial charge on any atom is 0.338 e. The molecule has 2 aromatic rings. The van der Waals surface area contributed by atoms with Gasteiger partial charge in [-0.05, 0) is 49.4 Å². The van der Waals surface area contributed by atoms with Crippen LogP contribution in [0.4, 0.5) is 5.00 Å². The van der Waals surface area contributed by atoms with Gasteiger partial charge in [0.15, 0.2) is 6.61 Å². The molecule has 1 aromatic carbocycles. The molecule has 1 heterocycles. The van der Waals surface area contributed by atoms with Gasteiger partial charge in [0.25, 0.3) is 5.91 Å². The second-order valence-corrected chi connectivity index (χ2v) is 10.3. The number of aryl methyl sites for hydroxylation is 1. The number of carbonyl (C=O) groups excluding carboxylic acids is 2. The normalized spacial score (nSPS) is 13.3. The first-order chi connectivity index (χ1) is 15.3. The standard InChI is InChI=1S/C22H25N3O5S2/c1-3-25(4-2)32(28,29)16-9-7-8-15(12-16)22(27)30-14-20(26)24-21-18(13-23)17-10-5-6-11-19(17)31-21/h7-9,12H,3-6,10-11,14H2,1-2H3,(H,24,26). The number of nitriles is 1. The molecule has 1 aliphatic carbocycles. The first-order valence-electron chi connectivity index (χ1n) is 10.4. The van der Waals surface area contributed by atoms with E-state index in [2.05, 4.69) is 11.4 Å². The molecule has 1 aromatic heterocycles. The molecular weight excluding hydrogens is 450 g/mol. The fraction of sp³-hybridized carbons (Fsp3) is 0.409. The molecule has 1 aliphatic rings. The summed E-state index contributed by atoms with van der Waals surface area (Å²) >= 11 is 1.39. The number of sulfonamides is 1. The third-order valence-corrected chi connectivity index (χ3v) is 8.54. The number of hydrogen-bond donors (Lipinski definition) is 1. The summed E-state index contributed by atoms with van der Waals surface area (Å²) < 4.78 is 31.7. The first-order valence-corrected chi connectivity index (χ1v) is 12.7. The lowest BCUT2D eigenvalue weighted by molar-refractivity contribution is -0.119. The van der Waals surface area contributed by atoms with Crippen LogP contribution in [0.3, 0.4) is 0 Å². The van der Waals surface area contributed by atoms with Crippen molar-refractivity contribution in [3.05, 3.63) is 45.8 Å². The summed E-state index contributed by atoms with van der Waals surface area (Å²) in [4.78, 5) is 25.8. The number of carbonyl (C=O) groups is 2. The number of anilines is 1. The topological polar surface area (TPSA) is 117 Å². The molecule has 0 aliphatic heterocycles. The van der Waals surface area contributed by atoms with E-state index in [0.29, 0.717) is 23.7 Å². The molecule has 0 unspecified atom stereocenters. The lowest BCUT2D eigenvalue weighted by Crippen LogP contribution is -2.30. The molecule has 0 radical (unpaired) electrons. The van der Waals surface area contributed by atoms with Crippen LogP contribution in [0.5, 0.6) is 0 Å². The number of benzene rings is 1. The molecular formula is C22H25N3O5S2. The lowest BCUT2D eigenvalue weighted by Gasteiger charge is -2.18. The maximum atomic E-state index is 12.7. The van der Waals surface area contributed by atoms with E-state index in [1.807, 2.05) is 0 Å². The molecule has 3 rings (SSSR count). The third-order valence-electron chi connectivity index (χ3n) is 5.28. The van der Waals surface area contributed by atoms with Crippen molar-refractivity contribution in [2.24, 2.45) is 0 Å². The highest BCUT2D eigenvalue weighted by atomic mass is 32.2. The smallest absolute Gasteiger partial charge is 0.338 e. The average molecular weight is 476 g/mol. The van der Waals surface area contributed by atoms with Crippen molar-refractivity contribution in [2.75, 3.05) is 25.0 Å². The Morgan fingerprint density at radius 2 is 1.94 bits per heavy atom. The molecule has 0 saturated carbocycles. The van der Waals surface area contributed by atoms with Gasteiger partial charge in [0.2, 0.25) is 10.0 Å². The number of esters is 1. The van der Waals surface area contributed by atoms with Crippen LogP contribution in [-0.2, 0) is 32.4 Å². The molecule has 32 heavy (non-hydrogen) atoms. The van der Waals surface area contributed by atoms with E-state index in [1.165, 1.54) is 39.9 Å². The van der Waals surface area contributed by atoms with Crippen LogP contribution in [0.2, 0.25) is 0 Å². The van der Waals surface area contributed by atoms with Gasteiger partial charge in [0.05, 0.1) is 16.0 Å². The Morgan fingerprint density at radius 3 is 2.62 bits per heavy atom. The predicted octanol–water partition coefficient (Wildman–Crippen LogP) is 3.32. The summed E-state index contributed by atoms with van der Waals surface area (Å²) in [5, 5.41) is 12.6. The molecule has 0 atom stereocenters. The number of fused-ring (bicyclic) bond motifs is 1. The van der Waals surface area contributed by atoms with Crippen LogP contribution < -0.4 is 5.32 Å². The van der Waals surface area contributed by atoms with E-state index in [1.54, 1.807) is 13.8 Å². The van der Waals surface area contributed by atoms with Crippen molar-refractivity contribution >= 4 is 38.2 Å². The quantitative estimate of drug-likeness (QED) is 0.586. The monoisotopic (exact) mass is 475 g/mol. The molecule has 0 saturated heterocycles. The van der Waals surface area contributed by atoms with Gasteiger partial charge in [-0.3, -0.25) is 4.79 Å². The van der Waals surface area contributed by atoms with Gasteiger partial charge in [-0.15, -0.1) is 11.3 Å². The second-order valence-electron chi connectivity index (χ2n) is 7.27. The van der Waals surface area contributed by atoms with Gasteiger partial charge in [-0.1, -0.05) is 19.9 Å². The van der Waals surface area contributed by atoms with Crippen molar-refractivity contribution in [3.8, 4) is 6.07 Å². The molecule has 0 spiro atoms. The average Bonchev–Trinajstić information content (AvgIpc) is 3.15. The highest BCUT2D eigenvalue weighted by molar-refractivity contribution is 7.89. The lowest BCUT2D eigenvalue weighted by atomic mass is 9.96. The largest absolute Gasteiger partial charge is 0.452 e. The summed E-state index contributed by atoms with van der Waals surface area (Å²) in [6.07, 6.45) is 3.80. The van der Waals surface area contributed by atoms with E-state index >= 15 is 0 Å². The Morgan fingerprint density at radius 1 is 1.22 bits per heavy atom. The summed E-state index contributed by atoms with van der Waals surface area (Å²) in [6, 6.07) is 7.72. The maximum absolute atomic E-state index is 12.7. The molecule has 1 amide bonds. The van der Waals surface area contributed by atoms with Crippen LogP contribution in [-0.4, -0.2) is 44.3 Å². The van der Waals surface area contributed by atoms with Crippen LogP contribution in [0.15, 0.2) is 29.2 Å². The van der Waals surface area contributed by atoms with E-state index in [0.717, 1.165) is 36.1 Å². The summed E-state index contributed by atoms with van der Waals surface area (Å²) in [6.45, 7) is 3.55. The van der Waals surface area contributed by atoms with Gasteiger partial charge in [-0.25, -0.2) is 13.2 Å². The number of nitrogens with zero attached hydrogens (tertiary/aromatic N) is 2. The molecule has 8 nitrogen and oxygen atoms in total. The Hall–Kier alpha value is -2.74. The predicted molar refractivity (Wildman–Crippen MR) is 121 cm³/mol. The third kappa shape index (κ3) is 5.01. The minimum atomic E-state index is -3.72. The summed E-state index contributed by atoms with van der Waals surface area (Å²) in [7, 11) is -3.72. The number of hydrogen-bond acceptors (Lipinski definition) is 7. The highest BCUT2D eigenvalue weighted by Gasteiger charge is 2.24. The van der Waals surface area contributed by atoms with Crippen molar-refractivity contribution in [2.45, 2.75) is 44.4 Å². The number of amides is 1. The minimum absolute atomic E-state index is 0.0112. The Balaban J connectivity index is 1.66. The zero-order valence-corrected chi connectivity index (χ0v) is 19.6. The van der Waals surface area contributed by atoms with Crippen molar-refractivity contribution in [3.63, 3.8) is 0 Å². The van der Waals surface area contributed by atoms with E-state index in [-0.39, 0.29) is 10.5 Å². The second kappa shape index (κ2) is 10.3. The van der Waals surface area contributed by atoms with E-state index in [4.69, 9.17) is 4.74 Å². The van der Waals surface area contributed by atoms with E-state index in [9.17, 15) is 23.3 Å². The first kappa shape index (κ1) is 23.9. The van der Waals surface area contributed by atoms with Gasteiger partial charge >= 0.3 is 5.97 Å². The number of rotatable bonds is 8. The molecule has 1 N–H and O–H groups in total. The summed E-state index contributed by atoms with van der Waals surface area (Å²) in [5.74, 6) is -1.36. The van der Waals surface area contributed by atoms with Crippen LogP contribution in [0.25, 0.3) is 0 Å². The molecule has 0 fully saturated rings.